The minimum atomic E-state index is 0.0621. The van der Waals surface area contributed by atoms with Crippen LogP contribution in [0.15, 0.2) is 270 Å². The highest BCUT2D eigenvalue weighted by Gasteiger charge is 2.30. The highest BCUT2D eigenvalue weighted by molar-refractivity contribution is 7.09. The van der Waals surface area contributed by atoms with E-state index in [4.69, 9.17) is 19.9 Å². The number of benzene rings is 1. The third-order valence-corrected chi connectivity index (χ3v) is 30.0. The molecule has 0 radical (unpaired) electrons. The van der Waals surface area contributed by atoms with Crippen LogP contribution in [-0.4, -0.2) is 158 Å². The molecule has 35 nitrogen and oxygen atoms in total. The van der Waals surface area contributed by atoms with Crippen molar-refractivity contribution >= 4 is 168 Å². The summed E-state index contributed by atoms with van der Waals surface area (Å²) in [5.74, 6) is 3.19. The van der Waals surface area contributed by atoms with Gasteiger partial charge in [-0.3, -0.25) is 74.7 Å². The molecule has 3 amide bonds. The third kappa shape index (κ3) is 19.2. The molecule has 3 aliphatic rings. The molecule has 12 N–H and O–H groups in total. The van der Waals surface area contributed by atoms with Crippen LogP contribution >= 0.6 is 45.3 Å². The second kappa shape index (κ2) is 40.9. The number of amides is 3. The lowest BCUT2D eigenvalue weighted by Crippen LogP contribution is -2.28. The standard InChI is InChI=1S/C29H22N8S.C28H24N8OS.C27H22N8OS.C26H20N8OS/c1-2-4-18(5-3-1)10-30-11-19-8-21(13-31-12-19)22-9-23-27(36-37-28(23)33-14-22)29-34-25-16-32-15-24(26(25)35-29)20-6-7-38-17-20;37-28(16-4-2-1-3-5-16)32-20-8-18(10-29-12-20)19-9-21-25(35-36-26(21)31-11-19)27-33-23-14-30-13-22(24(23)34-27)17-6-7-38-15-17;36-27(15-3-1-2-4-15)31-19-7-17(9-28-11-19)18-8-20-24(34-35-25(20)30-10-18)26-32-22-13-29-12-21(23(22)33-26)16-5-6-37-14-16;35-26(14-2-1-3-14)30-18-6-16(8-27-10-18)17-7-19-23(33-34-24(19)29-9-17)25-31-21-12-28-11-20(22(21)32-25)15-4-5-36-13-15/h1-9,12-17,30H,10-11H2,(H,34,35)(H,33,36,37);6-16H,1-5H2,(H,32,37)(H,33,34)(H,31,35,36);5-15H,1-4H2,(H,31,36)(H,32,33)(H,30,34,35);4-14H,1-3H2,(H,30,35)(H,31,32)(H,29,33,34). The van der Waals surface area contributed by atoms with Gasteiger partial charge in [-0.15, -0.1) is 0 Å². The van der Waals surface area contributed by atoms with Crippen molar-refractivity contribution < 1.29 is 14.4 Å². The molecule has 0 unspecified atom stereocenters. The van der Waals surface area contributed by atoms with E-state index in [1.165, 1.54) is 12.0 Å². The number of H-pyrrole nitrogens is 8. The number of aromatic nitrogens is 28. The van der Waals surface area contributed by atoms with E-state index in [9.17, 15) is 14.4 Å². The molecule has 24 aromatic heterocycles. The summed E-state index contributed by atoms with van der Waals surface area (Å²) in [4.78, 5) is 124. The Hall–Kier alpha value is -18.1. The van der Waals surface area contributed by atoms with Gasteiger partial charge in [0.05, 0.1) is 104 Å². The number of pyridine rings is 12. The number of hydrogen-bond donors (Lipinski definition) is 12. The molecule has 0 atom stereocenters. The molecule has 28 rings (SSSR count). The van der Waals surface area contributed by atoms with Crippen molar-refractivity contribution in [1.29, 1.82) is 0 Å². The van der Waals surface area contributed by atoms with Crippen LogP contribution in [0.5, 0.6) is 0 Å². The molecule has 39 heteroatoms. The molecule has 24 heterocycles. The van der Waals surface area contributed by atoms with Crippen LogP contribution in [0.1, 0.15) is 88.2 Å². The molecule has 0 bridgehead atoms. The second-order valence-electron chi connectivity index (χ2n) is 37.0. The number of nitrogens with one attached hydrogen (secondary N) is 12. The highest BCUT2D eigenvalue weighted by atomic mass is 32.1. The van der Waals surface area contributed by atoms with Crippen LogP contribution in [0.3, 0.4) is 0 Å². The first-order chi connectivity index (χ1) is 73.5. The lowest BCUT2D eigenvalue weighted by Gasteiger charge is -2.24. The van der Waals surface area contributed by atoms with Gasteiger partial charge in [0.25, 0.3) is 0 Å². The maximum Gasteiger partial charge on any atom is 0.227 e. The topological polar surface area (TPSA) is 483 Å². The molecular weight excluding hydrogens is 1950 g/mol. The SMILES string of the molecule is O=C(Nc1cncc(-c2cnc3n[nH]c(-c4nc5c(-c6ccsc6)cncc5[nH]4)c3c2)c1)C1CCC1.O=C(Nc1cncc(-c2cnc3n[nH]c(-c4nc5c(-c6ccsc6)cncc5[nH]4)c3c2)c1)C1CCCC1.O=C(Nc1cncc(-c2cnc3n[nH]c(-c4nc5c(-c6ccsc6)cncc5[nH]4)c3c2)c1)C1CCCCC1.c1ccc(CNCc2cncc(-c3cnc4n[nH]c(-c5nc6c(-c7ccsc7)cncc6[nH]5)c4c3)c2)cc1. The van der Waals surface area contributed by atoms with E-state index in [1.807, 2.05) is 102 Å². The molecule has 3 aliphatic carbocycles. The quantitative estimate of drug-likeness (QED) is 0.0300. The summed E-state index contributed by atoms with van der Waals surface area (Å²) in [5.41, 5.74) is 32.2. The summed E-state index contributed by atoms with van der Waals surface area (Å²) >= 11 is 6.58. The van der Waals surface area contributed by atoms with Gasteiger partial charge in [-0.2, -0.15) is 65.7 Å². The van der Waals surface area contributed by atoms with Gasteiger partial charge in [0.15, 0.2) is 45.9 Å². The number of nitrogens with zero attached hydrogens (tertiary/aromatic N) is 20. The molecule has 3 saturated carbocycles. The van der Waals surface area contributed by atoms with Crippen molar-refractivity contribution in [3.8, 4) is 135 Å². The Kier molecular flexibility index (Phi) is 25.3. The number of rotatable bonds is 22. The number of imidazole rings is 4. The first-order valence-electron chi connectivity index (χ1n) is 48.8. The summed E-state index contributed by atoms with van der Waals surface area (Å²) in [6.45, 7) is 1.53. The van der Waals surface area contributed by atoms with Crippen molar-refractivity contribution in [3.05, 3.63) is 281 Å². The summed E-state index contributed by atoms with van der Waals surface area (Å²) in [7, 11) is 0. The number of thiophene rings is 4. The van der Waals surface area contributed by atoms with Crippen LogP contribution in [0.4, 0.5) is 17.1 Å². The Labute approximate surface area is 862 Å². The minimum absolute atomic E-state index is 0.0621. The average Bonchev–Trinajstić information content (AvgIpc) is 1.63. The zero-order valence-electron chi connectivity index (χ0n) is 79.4. The summed E-state index contributed by atoms with van der Waals surface area (Å²) in [6.07, 6.45) is 48.3. The van der Waals surface area contributed by atoms with E-state index in [-0.39, 0.29) is 35.5 Å². The van der Waals surface area contributed by atoms with Crippen molar-refractivity contribution in [2.45, 2.75) is 90.1 Å². The lowest BCUT2D eigenvalue weighted by molar-refractivity contribution is -0.122. The van der Waals surface area contributed by atoms with Crippen LogP contribution in [-0.2, 0) is 27.5 Å². The van der Waals surface area contributed by atoms with Crippen LogP contribution in [0.2, 0.25) is 0 Å². The molecular formula is C110H88N32O3S4. The summed E-state index contributed by atoms with van der Waals surface area (Å²) in [5, 5.41) is 62.5. The number of aromatic amines is 8. The second-order valence-corrected chi connectivity index (χ2v) is 40.1. The fourth-order valence-corrected chi connectivity index (χ4v) is 21.9. The van der Waals surface area contributed by atoms with Crippen molar-refractivity contribution in [2.75, 3.05) is 16.0 Å². The van der Waals surface area contributed by atoms with Gasteiger partial charge < -0.3 is 41.2 Å². The van der Waals surface area contributed by atoms with Gasteiger partial charge in [-0.05, 0) is 188 Å². The van der Waals surface area contributed by atoms with Crippen molar-refractivity contribution in [3.63, 3.8) is 0 Å². The Morgan fingerprint density at radius 1 is 0.282 bits per heavy atom. The van der Waals surface area contributed by atoms with Gasteiger partial charge >= 0.3 is 0 Å². The molecule has 0 aliphatic heterocycles. The van der Waals surface area contributed by atoms with Gasteiger partial charge in [0.1, 0.15) is 44.8 Å². The third-order valence-electron chi connectivity index (χ3n) is 27.3. The normalized spacial score (nSPS) is 13.4. The smallest absolute Gasteiger partial charge is 0.227 e. The summed E-state index contributed by atoms with van der Waals surface area (Å²) < 4.78 is 0. The Bertz CT molecular complexity index is 9210. The molecule has 730 valence electrons. The molecule has 149 heavy (non-hydrogen) atoms. The van der Waals surface area contributed by atoms with Crippen molar-refractivity contribution in [2.24, 2.45) is 17.8 Å². The van der Waals surface area contributed by atoms with E-state index >= 15 is 0 Å². The maximum atomic E-state index is 12.8. The minimum Gasteiger partial charge on any atom is -0.335 e. The maximum absolute atomic E-state index is 12.8. The predicted molar refractivity (Wildman–Crippen MR) is 582 cm³/mol. The van der Waals surface area contributed by atoms with Gasteiger partial charge in [0.2, 0.25) is 17.7 Å². The Balaban J connectivity index is 0.000000103. The zero-order valence-corrected chi connectivity index (χ0v) is 82.7. The van der Waals surface area contributed by atoms with Gasteiger partial charge in [0, 0.05) is 178 Å². The van der Waals surface area contributed by atoms with E-state index in [0.29, 0.717) is 62.9 Å². The van der Waals surface area contributed by atoms with E-state index < -0.39 is 0 Å². The molecule has 0 saturated heterocycles. The number of fused-ring (bicyclic) bond motifs is 8. The number of carbonyl (C=O) groups is 3. The highest BCUT2D eigenvalue weighted by Crippen LogP contribution is 2.42. The molecule has 25 aromatic rings. The fourth-order valence-electron chi connectivity index (χ4n) is 19.3. The number of anilines is 3. The van der Waals surface area contributed by atoms with Crippen LogP contribution in [0, 0.1) is 17.8 Å². The monoisotopic (exact) mass is 2030 g/mol. The number of hydrogen-bond acceptors (Lipinski definition) is 28. The lowest BCUT2D eigenvalue weighted by atomic mass is 9.85. The van der Waals surface area contributed by atoms with E-state index in [2.05, 4.69) is 229 Å². The zero-order chi connectivity index (χ0) is 99.6. The largest absolute Gasteiger partial charge is 0.335 e. The van der Waals surface area contributed by atoms with Gasteiger partial charge in [-0.1, -0.05) is 68.9 Å². The predicted octanol–water partition coefficient (Wildman–Crippen LogP) is 23.4. The van der Waals surface area contributed by atoms with E-state index in [1.54, 1.807) is 126 Å². The Morgan fingerprint density at radius 3 is 0.879 bits per heavy atom. The Morgan fingerprint density at radius 2 is 0.570 bits per heavy atom. The number of carbonyl (C=O) groups excluding carboxylic acids is 3. The van der Waals surface area contributed by atoms with Crippen LogP contribution in [0.25, 0.3) is 223 Å². The van der Waals surface area contributed by atoms with Crippen LogP contribution < -0.4 is 21.3 Å². The molecule has 0 spiro atoms. The van der Waals surface area contributed by atoms with Crippen molar-refractivity contribution in [1.82, 2.24) is 146 Å². The van der Waals surface area contributed by atoms with E-state index in [0.717, 1.165) is 267 Å². The average molecular weight is 2030 g/mol. The fraction of sp³-hybridized carbons (Fsp3) is 0.155. The molecule has 1 aromatic carbocycles. The summed E-state index contributed by atoms with van der Waals surface area (Å²) in [6, 6.07) is 34.7. The molecule has 3 fully saturated rings. The van der Waals surface area contributed by atoms with Gasteiger partial charge in [-0.25, -0.2) is 39.9 Å². The first-order valence-corrected chi connectivity index (χ1v) is 52.6. The first kappa shape index (κ1) is 92.1.